The Labute approximate surface area is 143 Å². The number of rotatable bonds is 6. The SMILES string of the molecule is CC(NCc1ccc(Br)s1)c1ccc(NC(=O)C2CC2)cc1. The van der Waals surface area contributed by atoms with Gasteiger partial charge in [0.25, 0.3) is 0 Å². The maximum atomic E-state index is 11.7. The standard InChI is InChI=1S/C17H19BrN2OS/c1-11(19-10-15-8-9-16(18)22-15)12-4-6-14(7-5-12)20-17(21)13-2-3-13/h4-9,11,13,19H,2-3,10H2,1H3,(H,20,21). The Kier molecular flexibility index (Phi) is 4.96. The lowest BCUT2D eigenvalue weighted by atomic mass is 10.1. The summed E-state index contributed by atoms with van der Waals surface area (Å²) >= 11 is 5.23. The number of benzene rings is 1. The summed E-state index contributed by atoms with van der Waals surface area (Å²) in [5.74, 6) is 0.396. The van der Waals surface area contributed by atoms with Gasteiger partial charge >= 0.3 is 0 Å². The summed E-state index contributed by atoms with van der Waals surface area (Å²) in [5.41, 5.74) is 2.11. The molecule has 3 nitrogen and oxygen atoms in total. The molecule has 0 bridgehead atoms. The molecule has 116 valence electrons. The second kappa shape index (κ2) is 6.94. The van der Waals surface area contributed by atoms with Crippen LogP contribution in [0.4, 0.5) is 5.69 Å². The van der Waals surface area contributed by atoms with Crippen LogP contribution >= 0.6 is 27.3 Å². The van der Waals surface area contributed by atoms with Gasteiger partial charge in [-0.3, -0.25) is 4.79 Å². The van der Waals surface area contributed by atoms with Crippen molar-refractivity contribution in [1.29, 1.82) is 0 Å². The van der Waals surface area contributed by atoms with E-state index in [1.807, 2.05) is 12.1 Å². The van der Waals surface area contributed by atoms with Crippen LogP contribution in [-0.4, -0.2) is 5.91 Å². The molecule has 22 heavy (non-hydrogen) atoms. The summed E-state index contributed by atoms with van der Waals surface area (Å²) < 4.78 is 1.16. The highest BCUT2D eigenvalue weighted by molar-refractivity contribution is 9.11. The van der Waals surface area contributed by atoms with Crippen molar-refractivity contribution in [3.8, 4) is 0 Å². The smallest absolute Gasteiger partial charge is 0.227 e. The molecule has 1 amide bonds. The van der Waals surface area contributed by atoms with Crippen molar-refractivity contribution in [2.45, 2.75) is 32.4 Å². The Bertz CT molecular complexity index is 649. The molecule has 5 heteroatoms. The lowest BCUT2D eigenvalue weighted by Gasteiger charge is -2.14. The average molecular weight is 379 g/mol. The predicted octanol–water partition coefficient (Wildman–Crippen LogP) is 4.71. The van der Waals surface area contributed by atoms with Gasteiger partial charge in [0.05, 0.1) is 3.79 Å². The Hall–Kier alpha value is -1.17. The number of anilines is 1. The molecule has 1 fully saturated rings. The topological polar surface area (TPSA) is 41.1 Å². The molecule has 1 aliphatic rings. The van der Waals surface area contributed by atoms with E-state index < -0.39 is 0 Å². The van der Waals surface area contributed by atoms with Crippen LogP contribution in [0.3, 0.4) is 0 Å². The van der Waals surface area contributed by atoms with Gasteiger partial charge in [0, 0.05) is 29.1 Å². The first-order valence-electron chi connectivity index (χ1n) is 7.50. The summed E-state index contributed by atoms with van der Waals surface area (Å²) in [7, 11) is 0. The number of halogens is 1. The van der Waals surface area contributed by atoms with Crippen LogP contribution in [0.1, 0.15) is 36.2 Å². The molecule has 0 saturated heterocycles. The molecule has 2 N–H and O–H groups in total. The Morgan fingerprint density at radius 3 is 2.59 bits per heavy atom. The monoisotopic (exact) mass is 378 g/mol. The molecule has 0 spiro atoms. The molecule has 0 aliphatic heterocycles. The van der Waals surface area contributed by atoms with Gasteiger partial charge in [-0.2, -0.15) is 0 Å². The molecule has 1 heterocycles. The molecule has 1 atom stereocenters. The van der Waals surface area contributed by atoms with Crippen molar-refractivity contribution < 1.29 is 4.79 Å². The van der Waals surface area contributed by atoms with Crippen LogP contribution in [0.5, 0.6) is 0 Å². The molecule has 1 aliphatic carbocycles. The highest BCUT2D eigenvalue weighted by atomic mass is 79.9. The van der Waals surface area contributed by atoms with Crippen LogP contribution in [-0.2, 0) is 11.3 Å². The summed E-state index contributed by atoms with van der Waals surface area (Å²) in [6.07, 6.45) is 2.06. The summed E-state index contributed by atoms with van der Waals surface area (Å²) in [5, 5.41) is 6.49. The van der Waals surface area contributed by atoms with Gasteiger partial charge in [0.1, 0.15) is 0 Å². The minimum absolute atomic E-state index is 0.155. The molecule has 1 unspecified atom stereocenters. The molecule has 1 aromatic heterocycles. The van der Waals surface area contributed by atoms with Crippen LogP contribution in [0.15, 0.2) is 40.2 Å². The molecular formula is C17H19BrN2OS. The van der Waals surface area contributed by atoms with Gasteiger partial charge < -0.3 is 10.6 Å². The van der Waals surface area contributed by atoms with E-state index in [1.165, 1.54) is 10.4 Å². The van der Waals surface area contributed by atoms with E-state index >= 15 is 0 Å². The van der Waals surface area contributed by atoms with E-state index in [9.17, 15) is 4.79 Å². The first-order valence-corrected chi connectivity index (χ1v) is 9.11. The van der Waals surface area contributed by atoms with Crippen molar-refractivity contribution in [1.82, 2.24) is 5.32 Å². The fourth-order valence-corrected chi connectivity index (χ4v) is 3.70. The molecule has 0 radical (unpaired) electrons. The average Bonchev–Trinajstić information content (AvgIpc) is 3.29. The molecule has 1 saturated carbocycles. The lowest BCUT2D eigenvalue weighted by molar-refractivity contribution is -0.117. The summed E-state index contributed by atoms with van der Waals surface area (Å²) in [6.45, 7) is 3.01. The Balaban J connectivity index is 1.53. The largest absolute Gasteiger partial charge is 0.326 e. The zero-order valence-corrected chi connectivity index (χ0v) is 14.8. The summed E-state index contributed by atoms with van der Waals surface area (Å²) in [6, 6.07) is 12.6. The number of hydrogen-bond acceptors (Lipinski definition) is 3. The second-order valence-corrected chi connectivity index (χ2v) is 8.24. The minimum Gasteiger partial charge on any atom is -0.326 e. The third-order valence-corrected chi connectivity index (χ3v) is 5.46. The first-order chi connectivity index (χ1) is 10.6. The zero-order valence-electron chi connectivity index (χ0n) is 12.4. The van der Waals surface area contributed by atoms with Crippen LogP contribution in [0.2, 0.25) is 0 Å². The molecule has 2 aromatic rings. The Morgan fingerprint density at radius 1 is 1.27 bits per heavy atom. The van der Waals surface area contributed by atoms with Gasteiger partial charge in [-0.1, -0.05) is 12.1 Å². The molecular weight excluding hydrogens is 360 g/mol. The van der Waals surface area contributed by atoms with E-state index in [1.54, 1.807) is 11.3 Å². The van der Waals surface area contributed by atoms with E-state index in [-0.39, 0.29) is 17.9 Å². The van der Waals surface area contributed by atoms with E-state index in [0.29, 0.717) is 0 Å². The molecule has 1 aromatic carbocycles. The highest BCUT2D eigenvalue weighted by Gasteiger charge is 2.29. The first kappa shape index (κ1) is 15.7. The number of carbonyl (C=O) groups excluding carboxylic acids is 1. The number of nitrogens with one attached hydrogen (secondary N) is 2. The third-order valence-electron chi connectivity index (χ3n) is 3.84. The summed E-state index contributed by atoms with van der Waals surface area (Å²) in [4.78, 5) is 13.0. The maximum absolute atomic E-state index is 11.7. The van der Waals surface area contributed by atoms with Crippen LogP contribution < -0.4 is 10.6 Å². The fraction of sp³-hybridized carbons (Fsp3) is 0.353. The fourth-order valence-electron chi connectivity index (χ4n) is 2.26. The quantitative estimate of drug-likeness (QED) is 0.763. The van der Waals surface area contributed by atoms with Crippen molar-refractivity contribution >= 4 is 38.9 Å². The van der Waals surface area contributed by atoms with Gasteiger partial charge in [0.2, 0.25) is 5.91 Å². The van der Waals surface area contributed by atoms with Crippen LogP contribution in [0, 0.1) is 5.92 Å². The van der Waals surface area contributed by atoms with E-state index in [2.05, 4.69) is 57.8 Å². The van der Waals surface area contributed by atoms with Gasteiger partial charge in [-0.25, -0.2) is 0 Å². The number of amides is 1. The lowest BCUT2D eigenvalue weighted by Crippen LogP contribution is -2.17. The van der Waals surface area contributed by atoms with Gasteiger partial charge in [0.15, 0.2) is 0 Å². The zero-order chi connectivity index (χ0) is 15.5. The Morgan fingerprint density at radius 2 is 2.00 bits per heavy atom. The van der Waals surface area contributed by atoms with E-state index in [4.69, 9.17) is 0 Å². The second-order valence-electron chi connectivity index (χ2n) is 5.69. The minimum atomic E-state index is 0.155. The van der Waals surface area contributed by atoms with Crippen LogP contribution in [0.25, 0.3) is 0 Å². The van der Waals surface area contributed by atoms with Gasteiger partial charge in [-0.15, -0.1) is 11.3 Å². The number of thiophene rings is 1. The predicted molar refractivity (Wildman–Crippen MR) is 95.1 cm³/mol. The normalized spacial score (nSPS) is 15.5. The third kappa shape index (κ3) is 4.18. The molecule has 3 rings (SSSR count). The van der Waals surface area contributed by atoms with Crippen molar-refractivity contribution in [3.63, 3.8) is 0 Å². The number of carbonyl (C=O) groups is 1. The number of hydrogen-bond donors (Lipinski definition) is 2. The van der Waals surface area contributed by atoms with Crippen molar-refractivity contribution in [2.24, 2.45) is 5.92 Å². The van der Waals surface area contributed by atoms with Crippen molar-refractivity contribution in [3.05, 3.63) is 50.6 Å². The van der Waals surface area contributed by atoms with Gasteiger partial charge in [-0.05, 0) is 65.5 Å². The van der Waals surface area contributed by atoms with Crippen molar-refractivity contribution in [2.75, 3.05) is 5.32 Å². The van der Waals surface area contributed by atoms with E-state index in [0.717, 1.165) is 28.9 Å². The highest BCUT2D eigenvalue weighted by Crippen LogP contribution is 2.30. The maximum Gasteiger partial charge on any atom is 0.227 e.